The van der Waals surface area contributed by atoms with E-state index in [9.17, 15) is 4.79 Å². The first kappa shape index (κ1) is 13.4. The molecule has 1 amide bonds. The van der Waals surface area contributed by atoms with Crippen LogP contribution in [0, 0.1) is 5.92 Å². The van der Waals surface area contributed by atoms with Crippen LogP contribution in [0.1, 0.15) is 25.7 Å². The topological polar surface area (TPSA) is 62.5 Å². The summed E-state index contributed by atoms with van der Waals surface area (Å²) in [7, 11) is 0. The van der Waals surface area contributed by atoms with Crippen molar-refractivity contribution in [2.24, 2.45) is 11.7 Å². The van der Waals surface area contributed by atoms with Crippen LogP contribution in [-0.2, 0) is 4.79 Å². The summed E-state index contributed by atoms with van der Waals surface area (Å²) in [6.45, 7) is 2.71. The van der Waals surface area contributed by atoms with Gasteiger partial charge in [0.2, 0.25) is 5.91 Å². The number of pyridine rings is 1. The van der Waals surface area contributed by atoms with Crippen molar-refractivity contribution in [2.45, 2.75) is 31.8 Å². The molecule has 3 rings (SSSR count). The van der Waals surface area contributed by atoms with Gasteiger partial charge in [0.05, 0.1) is 6.17 Å². The average molecular weight is 274 g/mol. The Kier molecular flexibility index (Phi) is 3.87. The predicted molar refractivity (Wildman–Crippen MR) is 78.1 cm³/mol. The maximum absolute atomic E-state index is 12.5. The Bertz CT molecular complexity index is 456. The Morgan fingerprint density at radius 2 is 1.85 bits per heavy atom. The zero-order valence-electron chi connectivity index (χ0n) is 11.7. The molecule has 108 valence electrons. The minimum absolute atomic E-state index is 0.0549. The van der Waals surface area contributed by atoms with E-state index in [0.29, 0.717) is 0 Å². The van der Waals surface area contributed by atoms with Crippen LogP contribution in [-0.4, -0.2) is 41.6 Å². The number of hydrogen-bond acceptors (Lipinski definition) is 4. The molecule has 2 aliphatic heterocycles. The highest BCUT2D eigenvalue weighted by atomic mass is 16.2. The molecule has 0 aliphatic carbocycles. The van der Waals surface area contributed by atoms with E-state index in [1.54, 1.807) is 0 Å². The van der Waals surface area contributed by atoms with Crippen LogP contribution in [0.4, 0.5) is 5.69 Å². The average Bonchev–Trinajstić information content (AvgIpc) is 2.94. The summed E-state index contributed by atoms with van der Waals surface area (Å²) in [4.78, 5) is 20.7. The van der Waals surface area contributed by atoms with Crippen molar-refractivity contribution in [1.82, 2.24) is 9.88 Å². The summed E-state index contributed by atoms with van der Waals surface area (Å²) in [6.07, 6.45) is 7.41. The fourth-order valence-corrected chi connectivity index (χ4v) is 3.24. The Hall–Kier alpha value is -1.62. The van der Waals surface area contributed by atoms with Crippen LogP contribution in [0.3, 0.4) is 0 Å². The van der Waals surface area contributed by atoms with Gasteiger partial charge in [0, 0.05) is 43.6 Å². The number of nitrogens with zero attached hydrogens (tertiary/aromatic N) is 3. The Morgan fingerprint density at radius 1 is 1.15 bits per heavy atom. The molecular weight excluding hydrogens is 252 g/mol. The van der Waals surface area contributed by atoms with E-state index in [2.05, 4.69) is 9.88 Å². The number of amides is 1. The Morgan fingerprint density at radius 3 is 2.45 bits per heavy atom. The van der Waals surface area contributed by atoms with Crippen molar-refractivity contribution in [3.8, 4) is 0 Å². The molecule has 1 unspecified atom stereocenters. The normalized spacial score (nSPS) is 24.1. The minimum atomic E-state index is -0.0549. The summed E-state index contributed by atoms with van der Waals surface area (Å²) in [6, 6.07) is 4.05. The molecule has 0 spiro atoms. The molecule has 2 saturated heterocycles. The number of rotatable bonds is 2. The number of nitrogens with two attached hydrogens (primary N) is 1. The molecular formula is C15H22N4O. The molecule has 0 bridgehead atoms. The molecule has 1 aromatic rings. The van der Waals surface area contributed by atoms with Gasteiger partial charge in [-0.25, -0.2) is 0 Å². The van der Waals surface area contributed by atoms with E-state index < -0.39 is 0 Å². The number of carbonyl (C=O) groups excluding carboxylic acids is 1. The second kappa shape index (κ2) is 5.79. The van der Waals surface area contributed by atoms with E-state index in [1.165, 1.54) is 5.69 Å². The van der Waals surface area contributed by atoms with Crippen molar-refractivity contribution in [3.63, 3.8) is 0 Å². The van der Waals surface area contributed by atoms with Crippen molar-refractivity contribution in [2.75, 3.05) is 24.5 Å². The van der Waals surface area contributed by atoms with Crippen LogP contribution in [0.25, 0.3) is 0 Å². The first-order chi connectivity index (χ1) is 9.75. The Labute approximate surface area is 119 Å². The van der Waals surface area contributed by atoms with Gasteiger partial charge in [-0.2, -0.15) is 0 Å². The minimum Gasteiger partial charge on any atom is -0.371 e. The standard InChI is InChI=1S/C15H22N4O/c16-14-2-1-9-19(14)15(20)12-5-10-18(11-6-12)13-3-7-17-8-4-13/h3-4,7-8,12,14H,1-2,5-6,9-11,16H2. The highest BCUT2D eigenvalue weighted by Gasteiger charge is 2.33. The van der Waals surface area contributed by atoms with Crippen molar-refractivity contribution < 1.29 is 4.79 Å². The lowest BCUT2D eigenvalue weighted by Crippen LogP contribution is -2.47. The van der Waals surface area contributed by atoms with Crippen LogP contribution >= 0.6 is 0 Å². The Balaban J connectivity index is 1.57. The van der Waals surface area contributed by atoms with Crippen LogP contribution in [0.2, 0.25) is 0 Å². The van der Waals surface area contributed by atoms with Crippen LogP contribution < -0.4 is 10.6 Å². The largest absolute Gasteiger partial charge is 0.371 e. The number of likely N-dealkylation sites (tertiary alicyclic amines) is 1. The third kappa shape index (κ3) is 2.63. The molecule has 2 N–H and O–H groups in total. The molecule has 1 atom stereocenters. The summed E-state index contributed by atoms with van der Waals surface area (Å²) < 4.78 is 0. The van der Waals surface area contributed by atoms with Crippen molar-refractivity contribution >= 4 is 11.6 Å². The summed E-state index contributed by atoms with van der Waals surface area (Å²) in [5.74, 6) is 0.418. The molecule has 5 nitrogen and oxygen atoms in total. The fraction of sp³-hybridized carbons (Fsp3) is 0.600. The quantitative estimate of drug-likeness (QED) is 0.880. The molecule has 20 heavy (non-hydrogen) atoms. The lowest BCUT2D eigenvalue weighted by atomic mass is 9.95. The summed E-state index contributed by atoms with van der Waals surface area (Å²) >= 11 is 0. The van der Waals surface area contributed by atoms with Crippen LogP contribution in [0.5, 0.6) is 0 Å². The van der Waals surface area contributed by atoms with Crippen LogP contribution in [0.15, 0.2) is 24.5 Å². The van der Waals surface area contributed by atoms with Gasteiger partial charge in [0.25, 0.3) is 0 Å². The van der Waals surface area contributed by atoms with Gasteiger partial charge in [0.15, 0.2) is 0 Å². The SMILES string of the molecule is NC1CCCN1C(=O)C1CCN(c2ccncc2)CC1. The lowest BCUT2D eigenvalue weighted by molar-refractivity contribution is -0.136. The molecule has 0 saturated carbocycles. The van der Waals surface area contributed by atoms with E-state index in [4.69, 9.17) is 5.73 Å². The highest BCUT2D eigenvalue weighted by Crippen LogP contribution is 2.26. The molecule has 2 fully saturated rings. The van der Waals surface area contributed by atoms with Gasteiger partial charge < -0.3 is 15.5 Å². The first-order valence-electron chi connectivity index (χ1n) is 7.47. The van der Waals surface area contributed by atoms with Gasteiger partial charge in [0.1, 0.15) is 0 Å². The first-order valence-corrected chi connectivity index (χ1v) is 7.47. The van der Waals surface area contributed by atoms with Gasteiger partial charge in [-0.15, -0.1) is 0 Å². The number of anilines is 1. The second-order valence-electron chi connectivity index (χ2n) is 5.71. The molecule has 3 heterocycles. The maximum atomic E-state index is 12.5. The van der Waals surface area contributed by atoms with Crippen molar-refractivity contribution in [1.29, 1.82) is 0 Å². The lowest BCUT2D eigenvalue weighted by Gasteiger charge is -2.35. The number of aromatic nitrogens is 1. The third-order valence-corrected chi connectivity index (χ3v) is 4.45. The van der Waals surface area contributed by atoms with Gasteiger partial charge >= 0.3 is 0 Å². The zero-order chi connectivity index (χ0) is 13.9. The smallest absolute Gasteiger partial charge is 0.227 e. The second-order valence-corrected chi connectivity index (χ2v) is 5.71. The third-order valence-electron chi connectivity index (χ3n) is 4.45. The molecule has 0 radical (unpaired) electrons. The van der Waals surface area contributed by atoms with Gasteiger partial charge in [-0.05, 0) is 37.8 Å². The number of piperidine rings is 1. The van der Waals surface area contributed by atoms with E-state index in [-0.39, 0.29) is 18.0 Å². The summed E-state index contributed by atoms with van der Waals surface area (Å²) in [5.41, 5.74) is 7.19. The van der Waals surface area contributed by atoms with E-state index in [0.717, 1.165) is 45.3 Å². The van der Waals surface area contributed by atoms with E-state index in [1.807, 2.05) is 29.4 Å². The molecule has 5 heteroatoms. The number of carbonyl (C=O) groups is 1. The zero-order valence-corrected chi connectivity index (χ0v) is 11.7. The predicted octanol–water partition coefficient (Wildman–Crippen LogP) is 1.21. The molecule has 2 aliphatic rings. The maximum Gasteiger partial charge on any atom is 0.227 e. The fourth-order valence-electron chi connectivity index (χ4n) is 3.24. The monoisotopic (exact) mass is 274 g/mol. The van der Waals surface area contributed by atoms with Gasteiger partial charge in [-0.3, -0.25) is 9.78 Å². The van der Waals surface area contributed by atoms with Gasteiger partial charge in [-0.1, -0.05) is 0 Å². The number of hydrogen-bond donors (Lipinski definition) is 1. The van der Waals surface area contributed by atoms with E-state index >= 15 is 0 Å². The van der Waals surface area contributed by atoms with Crippen molar-refractivity contribution in [3.05, 3.63) is 24.5 Å². The summed E-state index contributed by atoms with van der Waals surface area (Å²) in [5, 5.41) is 0. The highest BCUT2D eigenvalue weighted by molar-refractivity contribution is 5.79. The molecule has 0 aromatic carbocycles. The molecule has 1 aromatic heterocycles.